The number of nitrogens with one attached hydrogen (secondary N) is 1. The summed E-state index contributed by atoms with van der Waals surface area (Å²) in [4.78, 5) is 49.1. The van der Waals surface area contributed by atoms with E-state index in [-0.39, 0.29) is 17.5 Å². The zero-order chi connectivity index (χ0) is 27.1. The van der Waals surface area contributed by atoms with E-state index in [4.69, 9.17) is 4.74 Å². The summed E-state index contributed by atoms with van der Waals surface area (Å²) < 4.78 is 20.8. The summed E-state index contributed by atoms with van der Waals surface area (Å²) in [5.74, 6) is -3.90. The van der Waals surface area contributed by atoms with Crippen LogP contribution in [0.15, 0.2) is 30.3 Å². The minimum absolute atomic E-state index is 0.0505. The Morgan fingerprint density at radius 2 is 1.74 bits per heavy atom. The number of amides is 1. The summed E-state index contributed by atoms with van der Waals surface area (Å²) in [6, 6.07) is 7.42. The van der Waals surface area contributed by atoms with Gasteiger partial charge in [0.1, 0.15) is 23.1 Å². The second-order valence-corrected chi connectivity index (χ2v) is 10.3. The predicted octanol–water partition coefficient (Wildman–Crippen LogP) is 2.67. The number of carboxylic acid groups (broad SMARTS) is 2. The molecule has 1 spiro atoms. The van der Waals surface area contributed by atoms with Crippen LogP contribution < -0.4 is 15.1 Å². The zero-order valence-corrected chi connectivity index (χ0v) is 21.0. The lowest BCUT2D eigenvalue weighted by Gasteiger charge is -2.34. The van der Waals surface area contributed by atoms with E-state index in [0.29, 0.717) is 49.8 Å². The first-order valence-corrected chi connectivity index (χ1v) is 12.7. The lowest BCUT2D eigenvalue weighted by molar-refractivity contribution is -0.168. The van der Waals surface area contributed by atoms with Crippen LogP contribution in [0.1, 0.15) is 48.7 Å². The first-order valence-electron chi connectivity index (χ1n) is 12.7. The monoisotopic (exact) mass is 527 g/mol. The summed E-state index contributed by atoms with van der Waals surface area (Å²) >= 11 is 0. The molecule has 1 aliphatic carbocycles. The number of pyridine rings is 2. The van der Waals surface area contributed by atoms with E-state index in [1.165, 1.54) is 6.07 Å². The average molecular weight is 528 g/mol. The van der Waals surface area contributed by atoms with Crippen molar-refractivity contribution in [2.24, 2.45) is 5.41 Å². The normalized spacial score (nSPS) is 20.7. The quantitative estimate of drug-likeness (QED) is 0.460. The molecule has 0 radical (unpaired) electrons. The fourth-order valence-corrected chi connectivity index (χ4v) is 5.12. The van der Waals surface area contributed by atoms with Crippen molar-refractivity contribution >= 4 is 35.3 Å². The van der Waals surface area contributed by atoms with Gasteiger partial charge in [-0.15, -0.1) is 0 Å². The lowest BCUT2D eigenvalue weighted by Crippen LogP contribution is -2.42. The Labute approximate surface area is 218 Å². The average Bonchev–Trinajstić information content (AvgIpc) is 3.66. The maximum atomic E-state index is 15.2. The molecule has 38 heavy (non-hydrogen) atoms. The van der Waals surface area contributed by atoms with Gasteiger partial charge in [0.05, 0.1) is 18.3 Å². The second-order valence-electron chi connectivity index (χ2n) is 10.3. The number of anilines is 3. The fourth-order valence-electron chi connectivity index (χ4n) is 5.12. The number of morpholine rings is 1. The van der Waals surface area contributed by atoms with E-state index in [1.54, 1.807) is 17.0 Å². The Morgan fingerprint density at radius 3 is 2.37 bits per heavy atom. The molecule has 202 valence electrons. The number of halogens is 1. The van der Waals surface area contributed by atoms with Crippen LogP contribution in [0.25, 0.3) is 0 Å². The molecule has 1 atom stereocenters. The van der Waals surface area contributed by atoms with Crippen LogP contribution in [0.4, 0.5) is 21.8 Å². The van der Waals surface area contributed by atoms with Gasteiger partial charge in [-0.05, 0) is 62.3 Å². The summed E-state index contributed by atoms with van der Waals surface area (Å²) in [6.45, 7) is 4.95. The topological polar surface area (TPSA) is 145 Å². The van der Waals surface area contributed by atoms with Gasteiger partial charge in [-0.3, -0.25) is 4.79 Å². The smallest absolute Gasteiger partial charge is 0.359 e. The first kappa shape index (κ1) is 25.8. The van der Waals surface area contributed by atoms with Gasteiger partial charge in [0, 0.05) is 26.2 Å². The Morgan fingerprint density at radius 1 is 1.03 bits per heavy atom. The van der Waals surface area contributed by atoms with Crippen molar-refractivity contribution in [2.75, 3.05) is 47.9 Å². The number of aliphatic carboxylic acids is 2. The van der Waals surface area contributed by atoms with E-state index >= 15 is 4.39 Å². The largest absolute Gasteiger partial charge is 0.478 e. The van der Waals surface area contributed by atoms with Crippen LogP contribution in [-0.2, 0) is 20.0 Å². The van der Waals surface area contributed by atoms with Gasteiger partial charge in [0.25, 0.3) is 5.91 Å². The van der Waals surface area contributed by atoms with Gasteiger partial charge in [0.2, 0.25) is 0 Å². The van der Waals surface area contributed by atoms with Crippen molar-refractivity contribution in [1.29, 1.82) is 0 Å². The maximum Gasteiger partial charge on any atom is 0.359 e. The van der Waals surface area contributed by atoms with Gasteiger partial charge in [0.15, 0.2) is 0 Å². The molecule has 3 fully saturated rings. The van der Waals surface area contributed by atoms with Crippen molar-refractivity contribution in [3.05, 3.63) is 41.6 Å². The summed E-state index contributed by atoms with van der Waals surface area (Å²) in [5.41, 5.74) is -4.17. The van der Waals surface area contributed by atoms with Crippen LogP contribution in [-0.4, -0.2) is 76.9 Å². The molecule has 3 aliphatic rings. The van der Waals surface area contributed by atoms with Gasteiger partial charge < -0.3 is 30.1 Å². The number of hydrogen-bond acceptors (Lipinski definition) is 8. The highest BCUT2D eigenvalue weighted by Gasteiger charge is 2.52. The summed E-state index contributed by atoms with van der Waals surface area (Å²) in [5, 5.41) is 21.5. The van der Waals surface area contributed by atoms with Crippen molar-refractivity contribution < 1.29 is 33.7 Å². The minimum Gasteiger partial charge on any atom is -0.478 e. The number of ether oxygens (including phenoxy) is 1. The number of alkyl halides is 1. The van der Waals surface area contributed by atoms with Gasteiger partial charge in [-0.2, -0.15) is 0 Å². The third kappa shape index (κ3) is 4.87. The summed E-state index contributed by atoms with van der Waals surface area (Å²) in [7, 11) is 0. The fraction of sp³-hybridized carbons (Fsp3) is 0.500. The number of carboxylic acids is 2. The third-order valence-corrected chi connectivity index (χ3v) is 7.68. The highest BCUT2D eigenvalue weighted by Crippen LogP contribution is 2.54. The predicted molar refractivity (Wildman–Crippen MR) is 135 cm³/mol. The van der Waals surface area contributed by atoms with E-state index in [0.717, 1.165) is 31.7 Å². The maximum absolute atomic E-state index is 15.2. The second kappa shape index (κ2) is 9.82. The molecule has 0 unspecified atom stereocenters. The Kier molecular flexibility index (Phi) is 6.68. The molecule has 1 amide bonds. The molecule has 5 rings (SSSR count). The van der Waals surface area contributed by atoms with Crippen LogP contribution in [0.2, 0.25) is 0 Å². The SMILES string of the molecule is C[C@@H]1CN(c2cccc(NC(=O)c3ccc(C(F)(C(=O)O)C(=O)O)nc3N3CCC4(CC3)CC4)n2)CCO1. The molecule has 1 saturated carbocycles. The molecule has 2 aliphatic heterocycles. The van der Waals surface area contributed by atoms with E-state index < -0.39 is 29.2 Å². The Balaban J connectivity index is 1.44. The Hall–Kier alpha value is -3.80. The molecular formula is C26H30FN5O6. The van der Waals surface area contributed by atoms with E-state index in [2.05, 4.69) is 20.2 Å². The molecule has 0 bridgehead atoms. The van der Waals surface area contributed by atoms with Gasteiger partial charge >= 0.3 is 17.6 Å². The van der Waals surface area contributed by atoms with Crippen molar-refractivity contribution in [3.8, 4) is 0 Å². The highest BCUT2D eigenvalue weighted by molar-refractivity contribution is 6.08. The molecule has 2 aromatic heterocycles. The molecule has 4 heterocycles. The molecule has 11 nitrogen and oxygen atoms in total. The lowest BCUT2D eigenvalue weighted by atomic mass is 9.93. The molecule has 12 heteroatoms. The van der Waals surface area contributed by atoms with E-state index in [1.807, 2.05) is 13.0 Å². The highest BCUT2D eigenvalue weighted by atomic mass is 19.1. The van der Waals surface area contributed by atoms with Gasteiger partial charge in [-0.25, -0.2) is 23.9 Å². The molecular weight excluding hydrogens is 497 g/mol. The van der Waals surface area contributed by atoms with Crippen LogP contribution >= 0.6 is 0 Å². The Bertz CT molecular complexity index is 1240. The summed E-state index contributed by atoms with van der Waals surface area (Å²) in [6.07, 6.45) is 4.05. The van der Waals surface area contributed by atoms with Crippen molar-refractivity contribution in [3.63, 3.8) is 0 Å². The van der Waals surface area contributed by atoms with Gasteiger partial charge in [-0.1, -0.05) is 6.07 Å². The van der Waals surface area contributed by atoms with Crippen LogP contribution in [0.5, 0.6) is 0 Å². The number of rotatable bonds is 7. The standard InChI is InChI=1S/C26H30FN5O6/c1-16-15-32(13-14-38-16)20-4-2-3-19(29-20)30-22(33)17-5-6-18(26(27,23(34)35)24(36)37)28-21(17)31-11-9-25(7-8-25)10-12-31/h2-6,16H,7-15H2,1H3,(H,34,35)(H,36,37)(H,29,30,33)/t16-/m1/s1. The van der Waals surface area contributed by atoms with E-state index in [9.17, 15) is 24.6 Å². The number of carbonyl (C=O) groups excluding carboxylic acids is 1. The molecule has 2 aromatic rings. The number of carbonyl (C=O) groups is 3. The van der Waals surface area contributed by atoms with Crippen LogP contribution in [0.3, 0.4) is 0 Å². The number of aromatic nitrogens is 2. The minimum atomic E-state index is -3.75. The van der Waals surface area contributed by atoms with Crippen molar-refractivity contribution in [1.82, 2.24) is 9.97 Å². The molecule has 2 saturated heterocycles. The number of nitrogens with zero attached hydrogens (tertiary/aromatic N) is 4. The molecule has 0 aromatic carbocycles. The molecule has 3 N–H and O–H groups in total. The number of piperidine rings is 1. The van der Waals surface area contributed by atoms with Crippen molar-refractivity contribution in [2.45, 2.75) is 44.4 Å². The number of hydrogen-bond donors (Lipinski definition) is 3. The zero-order valence-electron chi connectivity index (χ0n) is 21.0. The third-order valence-electron chi connectivity index (χ3n) is 7.68. The van der Waals surface area contributed by atoms with Crippen LogP contribution in [0, 0.1) is 5.41 Å². The first-order chi connectivity index (χ1) is 18.1.